The lowest BCUT2D eigenvalue weighted by Crippen LogP contribution is -2.53. The van der Waals surface area contributed by atoms with Crippen molar-refractivity contribution in [1.29, 1.82) is 0 Å². The van der Waals surface area contributed by atoms with E-state index in [2.05, 4.69) is 0 Å². The van der Waals surface area contributed by atoms with Gasteiger partial charge >= 0.3 is 23.9 Å². The molecule has 1 fully saturated rings. The van der Waals surface area contributed by atoms with Gasteiger partial charge < -0.3 is 24.7 Å². The van der Waals surface area contributed by atoms with E-state index in [1.165, 1.54) is 0 Å². The van der Waals surface area contributed by atoms with Crippen LogP contribution in [0.4, 0.5) is 0 Å². The first kappa shape index (κ1) is 47.4. The van der Waals surface area contributed by atoms with Crippen molar-refractivity contribution in [2.24, 2.45) is 5.73 Å². The summed E-state index contributed by atoms with van der Waals surface area (Å²) in [6, 6.07) is -0.751. The molecule has 14 nitrogen and oxygen atoms in total. The second-order valence-electron chi connectivity index (χ2n) is 17.6. The van der Waals surface area contributed by atoms with Crippen LogP contribution in [-0.2, 0) is 42.9 Å². The zero-order chi connectivity index (χ0) is 39.9. The van der Waals surface area contributed by atoms with Crippen molar-refractivity contribution < 1.29 is 42.9 Å². The maximum atomic E-state index is 13.8. The highest BCUT2D eigenvalue weighted by molar-refractivity contribution is 5.81. The van der Waals surface area contributed by atoms with Crippen molar-refractivity contribution in [3.63, 3.8) is 0 Å². The molecule has 14 heteroatoms. The molecule has 2 N–H and O–H groups in total. The fourth-order valence-electron chi connectivity index (χ4n) is 5.55. The molecule has 0 saturated carbocycles. The van der Waals surface area contributed by atoms with Crippen LogP contribution in [0.15, 0.2) is 0 Å². The van der Waals surface area contributed by atoms with Gasteiger partial charge in [-0.1, -0.05) is 0 Å². The fourth-order valence-corrected chi connectivity index (χ4v) is 5.55. The third-order valence-corrected chi connectivity index (χ3v) is 7.67. The summed E-state index contributed by atoms with van der Waals surface area (Å²) in [6.45, 7) is 25.4. The van der Waals surface area contributed by atoms with Crippen LogP contribution in [0.25, 0.3) is 0 Å². The number of nitrogens with two attached hydrogens (primary N) is 1. The van der Waals surface area contributed by atoms with Crippen LogP contribution in [0.5, 0.6) is 0 Å². The van der Waals surface area contributed by atoms with Gasteiger partial charge in [-0.2, -0.15) is 0 Å². The molecule has 52 heavy (non-hydrogen) atoms. The summed E-state index contributed by atoms with van der Waals surface area (Å²) in [7, 11) is 0. The molecule has 0 aliphatic carbocycles. The molecule has 1 saturated heterocycles. The molecule has 0 amide bonds. The van der Waals surface area contributed by atoms with Crippen LogP contribution in [0.2, 0.25) is 0 Å². The third-order valence-electron chi connectivity index (χ3n) is 7.67. The quantitative estimate of drug-likeness (QED) is 0.204. The topological polar surface area (TPSA) is 161 Å². The van der Waals surface area contributed by atoms with E-state index in [1.54, 1.807) is 20.8 Å². The average Bonchev–Trinajstić information content (AvgIpc) is 2.93. The molecular formula is C38H71N5O9. The number of rotatable bonds is 14. The van der Waals surface area contributed by atoms with E-state index in [1.807, 2.05) is 81.9 Å². The number of ketones is 1. The minimum atomic E-state index is -0.755. The predicted molar refractivity (Wildman–Crippen MR) is 201 cm³/mol. The number of carbonyl (C=O) groups excluding carboxylic acids is 5. The molecule has 0 bridgehead atoms. The SMILES string of the molecule is CC(C)(C)OC(=O)CN1CCN(CC(=O)OC(C)(C)C)CCN(C(CCC(=O)CCCN)C(=O)OC(C)(C)C)CCN(CC(=O)OC(C)(C)C)CC1. The Morgan fingerprint density at radius 1 is 0.519 bits per heavy atom. The van der Waals surface area contributed by atoms with Crippen LogP contribution in [0.1, 0.15) is 109 Å². The van der Waals surface area contributed by atoms with Gasteiger partial charge in [-0.3, -0.25) is 43.6 Å². The average molecular weight is 742 g/mol. The summed E-state index contributed by atoms with van der Waals surface area (Å²) >= 11 is 0. The van der Waals surface area contributed by atoms with Gasteiger partial charge in [-0.25, -0.2) is 0 Å². The van der Waals surface area contributed by atoms with Crippen LogP contribution in [0.3, 0.4) is 0 Å². The molecule has 0 spiro atoms. The maximum absolute atomic E-state index is 13.8. The Labute approximate surface area is 313 Å². The summed E-state index contributed by atoms with van der Waals surface area (Å²) < 4.78 is 22.8. The van der Waals surface area contributed by atoms with Crippen molar-refractivity contribution >= 4 is 29.7 Å². The lowest BCUT2D eigenvalue weighted by atomic mass is 10.0. The lowest BCUT2D eigenvalue weighted by Gasteiger charge is -2.37. The van der Waals surface area contributed by atoms with Gasteiger partial charge in [-0.15, -0.1) is 0 Å². The smallest absolute Gasteiger partial charge is 0.323 e. The summed E-state index contributed by atoms with van der Waals surface area (Å²) in [5.74, 6) is -1.56. The van der Waals surface area contributed by atoms with Gasteiger partial charge in [0.15, 0.2) is 0 Å². The number of Topliss-reactive ketones (excluding diaryl/α,β-unsaturated/α-hetero) is 1. The highest BCUT2D eigenvalue weighted by atomic mass is 16.6. The highest BCUT2D eigenvalue weighted by Gasteiger charge is 2.33. The largest absolute Gasteiger partial charge is 0.459 e. The van der Waals surface area contributed by atoms with Crippen molar-refractivity contribution in [1.82, 2.24) is 19.6 Å². The normalized spacial score (nSPS) is 17.7. The Bertz CT molecular complexity index is 1110. The zero-order valence-corrected chi connectivity index (χ0v) is 34.4. The molecule has 0 aromatic rings. The van der Waals surface area contributed by atoms with Gasteiger partial charge in [0.25, 0.3) is 0 Å². The summed E-state index contributed by atoms with van der Waals surface area (Å²) in [4.78, 5) is 73.6. The van der Waals surface area contributed by atoms with Gasteiger partial charge in [-0.05, 0) is 102 Å². The van der Waals surface area contributed by atoms with E-state index in [4.69, 9.17) is 24.7 Å². The van der Waals surface area contributed by atoms with Crippen LogP contribution >= 0.6 is 0 Å². The molecule has 1 atom stereocenters. The van der Waals surface area contributed by atoms with Gasteiger partial charge in [0.1, 0.15) is 34.2 Å². The first-order valence-corrected chi connectivity index (χ1v) is 18.8. The molecule has 1 unspecified atom stereocenters. The first-order chi connectivity index (χ1) is 23.7. The number of carbonyl (C=O) groups is 5. The molecule has 0 aromatic heterocycles. The van der Waals surface area contributed by atoms with Crippen molar-refractivity contribution in [3.8, 4) is 0 Å². The minimum Gasteiger partial charge on any atom is -0.459 e. The Hall–Kier alpha value is -2.65. The van der Waals surface area contributed by atoms with Crippen LogP contribution < -0.4 is 5.73 Å². The van der Waals surface area contributed by atoms with E-state index in [0.717, 1.165) is 0 Å². The van der Waals surface area contributed by atoms with E-state index >= 15 is 0 Å². The second-order valence-corrected chi connectivity index (χ2v) is 17.6. The zero-order valence-electron chi connectivity index (χ0n) is 34.4. The first-order valence-electron chi connectivity index (χ1n) is 18.8. The summed E-state index contributed by atoms with van der Waals surface area (Å²) in [6.07, 6.45) is 1.35. The van der Waals surface area contributed by atoms with Crippen LogP contribution in [-0.4, -0.2) is 156 Å². The third kappa shape index (κ3) is 23.1. The van der Waals surface area contributed by atoms with Crippen LogP contribution in [0, 0.1) is 0 Å². The van der Waals surface area contributed by atoms with Crippen molar-refractivity contribution in [2.75, 3.05) is 78.5 Å². The number of hydrogen-bond donors (Lipinski definition) is 1. The van der Waals surface area contributed by atoms with Crippen molar-refractivity contribution in [3.05, 3.63) is 0 Å². The Balaban J connectivity index is 3.54. The molecule has 1 aliphatic rings. The van der Waals surface area contributed by atoms with E-state index < -0.39 is 34.4 Å². The summed E-state index contributed by atoms with van der Waals surface area (Å²) in [5, 5.41) is 0. The molecule has 1 aliphatic heterocycles. The highest BCUT2D eigenvalue weighted by Crippen LogP contribution is 2.18. The Morgan fingerprint density at radius 2 is 0.846 bits per heavy atom. The maximum Gasteiger partial charge on any atom is 0.323 e. The Morgan fingerprint density at radius 3 is 1.15 bits per heavy atom. The number of nitrogens with zero attached hydrogens (tertiary/aromatic N) is 4. The van der Waals surface area contributed by atoms with E-state index in [-0.39, 0.29) is 56.2 Å². The molecular weight excluding hydrogens is 670 g/mol. The van der Waals surface area contributed by atoms with Gasteiger partial charge in [0, 0.05) is 65.2 Å². The van der Waals surface area contributed by atoms with Gasteiger partial charge in [0.05, 0.1) is 19.6 Å². The second kappa shape index (κ2) is 21.3. The number of esters is 4. The monoisotopic (exact) mass is 742 g/mol. The molecule has 1 rings (SSSR count). The molecule has 0 radical (unpaired) electrons. The molecule has 0 aromatic carbocycles. The Kier molecular flexibility index (Phi) is 19.4. The number of hydrogen-bond acceptors (Lipinski definition) is 14. The molecule has 1 heterocycles. The molecule has 302 valence electrons. The summed E-state index contributed by atoms with van der Waals surface area (Å²) in [5.41, 5.74) is 2.88. The van der Waals surface area contributed by atoms with E-state index in [0.29, 0.717) is 71.7 Å². The van der Waals surface area contributed by atoms with Crippen molar-refractivity contribution in [2.45, 2.75) is 137 Å². The van der Waals surface area contributed by atoms with E-state index in [9.17, 15) is 24.0 Å². The standard InChI is InChI=1S/C38H71N5O9/c1-35(2,3)49-31(45)26-40-18-20-41(27-32(46)50-36(4,5)6)22-24-43(25-23-42(21-19-40)28-33(47)51-37(7,8)9)30(34(48)52-38(10,11)12)16-15-29(44)14-13-17-39/h30H,13-28,39H2,1-12H3. The number of ether oxygens (including phenoxy) is 4. The minimum absolute atomic E-state index is 0.00480. The fraction of sp³-hybridized carbons (Fsp3) is 0.868. The predicted octanol–water partition coefficient (Wildman–Crippen LogP) is 3.03. The lowest BCUT2D eigenvalue weighted by molar-refractivity contribution is -0.163. The van der Waals surface area contributed by atoms with Gasteiger partial charge in [0.2, 0.25) is 0 Å².